The van der Waals surface area contributed by atoms with Gasteiger partial charge in [-0.2, -0.15) is 5.26 Å². The minimum Gasteiger partial charge on any atom is -0.487 e. The van der Waals surface area contributed by atoms with E-state index in [0.717, 1.165) is 28.6 Å². The highest BCUT2D eigenvalue weighted by Crippen LogP contribution is 2.40. The molecule has 0 aliphatic carbocycles. The molecule has 0 saturated carbocycles. The van der Waals surface area contributed by atoms with Gasteiger partial charge in [-0.1, -0.05) is 47.5 Å². The number of primary amides is 1. The fourth-order valence-corrected chi connectivity index (χ4v) is 5.75. The summed E-state index contributed by atoms with van der Waals surface area (Å²) in [4.78, 5) is 18.3. The Kier molecular flexibility index (Phi) is 8.82. The molecule has 4 aromatic rings. The topological polar surface area (TPSA) is 123 Å². The number of aromatic nitrogens is 1. The van der Waals surface area contributed by atoms with Crippen LogP contribution in [0.3, 0.4) is 0 Å². The Balaban J connectivity index is 1.32. The number of piperidine rings is 1. The quantitative estimate of drug-likeness (QED) is 0.213. The van der Waals surface area contributed by atoms with Crippen molar-refractivity contribution in [3.63, 3.8) is 0 Å². The highest BCUT2D eigenvalue weighted by molar-refractivity contribution is 6.32. The lowest BCUT2D eigenvalue weighted by molar-refractivity contribution is -0.113. The van der Waals surface area contributed by atoms with Crippen molar-refractivity contribution in [3.05, 3.63) is 94.7 Å². The number of nitriles is 1. The van der Waals surface area contributed by atoms with Gasteiger partial charge in [-0.3, -0.25) is 9.78 Å². The van der Waals surface area contributed by atoms with Crippen molar-refractivity contribution >= 4 is 45.5 Å². The number of carbonyl (C=O) groups is 1. The zero-order valence-electron chi connectivity index (χ0n) is 24.1. The maximum absolute atomic E-state index is 11.4. The van der Waals surface area contributed by atoms with Crippen molar-refractivity contribution in [2.24, 2.45) is 5.73 Å². The van der Waals surface area contributed by atoms with Gasteiger partial charge >= 0.3 is 0 Å². The lowest BCUT2D eigenvalue weighted by Gasteiger charge is -2.32. The lowest BCUT2D eigenvalue weighted by Crippen LogP contribution is -2.32. The van der Waals surface area contributed by atoms with E-state index < -0.39 is 5.91 Å². The summed E-state index contributed by atoms with van der Waals surface area (Å²) >= 11 is 6.62. The molecule has 1 amide bonds. The van der Waals surface area contributed by atoms with Crippen molar-refractivity contribution in [3.8, 4) is 17.6 Å². The normalized spacial score (nSPS) is 16.4. The minimum absolute atomic E-state index is 0.0537. The molecule has 2 aliphatic heterocycles. The molecular formula is C34H32ClN5O4. The Morgan fingerprint density at radius 2 is 1.98 bits per heavy atom. The lowest BCUT2D eigenvalue weighted by atomic mass is 10.0. The van der Waals surface area contributed by atoms with Gasteiger partial charge < -0.3 is 30.2 Å². The second-order valence-corrected chi connectivity index (χ2v) is 11.2. The van der Waals surface area contributed by atoms with Crippen LogP contribution in [0.4, 0.5) is 17.1 Å². The van der Waals surface area contributed by atoms with Crippen LogP contribution in [0, 0.1) is 11.3 Å². The average Bonchev–Trinajstić information content (AvgIpc) is 3.54. The zero-order valence-corrected chi connectivity index (χ0v) is 24.8. The number of hydrogen-bond donors (Lipinski definition) is 2. The molecule has 224 valence electrons. The largest absolute Gasteiger partial charge is 0.487 e. The molecule has 2 aliphatic rings. The van der Waals surface area contributed by atoms with Gasteiger partial charge in [0.2, 0.25) is 5.91 Å². The fourth-order valence-electron chi connectivity index (χ4n) is 5.51. The number of ether oxygens (including phenoxy) is 3. The Hall–Kier alpha value is -4.78. The summed E-state index contributed by atoms with van der Waals surface area (Å²) in [5, 5.41) is 14.7. The molecule has 3 heterocycles. The van der Waals surface area contributed by atoms with Gasteiger partial charge in [-0.25, -0.2) is 0 Å². The molecule has 3 aromatic carbocycles. The summed E-state index contributed by atoms with van der Waals surface area (Å²) in [7, 11) is 0. The summed E-state index contributed by atoms with van der Waals surface area (Å²) < 4.78 is 17.9. The first-order valence-electron chi connectivity index (χ1n) is 14.5. The zero-order chi connectivity index (χ0) is 30.5. The molecule has 0 bridgehead atoms. The van der Waals surface area contributed by atoms with E-state index in [1.807, 2.05) is 54.6 Å². The van der Waals surface area contributed by atoms with Gasteiger partial charge in [0.05, 0.1) is 40.7 Å². The Morgan fingerprint density at radius 3 is 2.68 bits per heavy atom. The van der Waals surface area contributed by atoms with E-state index in [1.165, 1.54) is 6.08 Å². The highest BCUT2D eigenvalue weighted by Gasteiger charge is 2.24. The molecule has 10 heteroatoms. The fraction of sp³-hybridized carbons (Fsp3) is 0.265. The van der Waals surface area contributed by atoms with E-state index in [1.54, 1.807) is 12.3 Å². The van der Waals surface area contributed by atoms with E-state index in [0.29, 0.717) is 84.7 Å². The van der Waals surface area contributed by atoms with Crippen LogP contribution in [0.2, 0.25) is 5.02 Å². The first-order valence-corrected chi connectivity index (χ1v) is 14.9. The molecule has 3 N–H and O–H groups in total. The molecule has 1 aromatic heterocycles. The van der Waals surface area contributed by atoms with E-state index in [2.05, 4.69) is 21.3 Å². The van der Waals surface area contributed by atoms with Crippen LogP contribution in [0.15, 0.2) is 78.5 Å². The van der Waals surface area contributed by atoms with Gasteiger partial charge in [0.1, 0.15) is 30.3 Å². The molecule has 2 fully saturated rings. The van der Waals surface area contributed by atoms with Gasteiger partial charge in [0, 0.05) is 48.9 Å². The standard InChI is InChI=1S/C34H32ClN5O4/c35-28-15-25(6-7-31(28)43-20-23-4-2-1-3-5-23)39-34-24(18-36)19-38-29-17-32(44-26-10-13-42-21-26)30(16-27(29)34)40-11-8-22(9-12-40)14-33(37)41/h1-7,14-17,19,26H,8-13,20-21H2,(H2,37,41)(H,38,39). The summed E-state index contributed by atoms with van der Waals surface area (Å²) in [6.07, 6.45) is 5.27. The molecule has 6 rings (SSSR count). The van der Waals surface area contributed by atoms with Crippen LogP contribution in [0.1, 0.15) is 30.4 Å². The number of nitrogens with two attached hydrogens (primary N) is 1. The molecule has 1 atom stereocenters. The molecule has 9 nitrogen and oxygen atoms in total. The number of hydrogen-bond acceptors (Lipinski definition) is 8. The van der Waals surface area contributed by atoms with Crippen LogP contribution >= 0.6 is 11.6 Å². The third-order valence-electron chi connectivity index (χ3n) is 7.78. The Labute approximate surface area is 260 Å². The maximum atomic E-state index is 11.4. The molecular weight excluding hydrogens is 578 g/mol. The van der Waals surface area contributed by atoms with E-state index in [4.69, 9.17) is 31.5 Å². The van der Waals surface area contributed by atoms with Crippen LogP contribution in [0.25, 0.3) is 10.9 Å². The Bertz CT molecular complexity index is 1740. The minimum atomic E-state index is -0.425. The summed E-state index contributed by atoms with van der Waals surface area (Å²) in [6.45, 7) is 2.97. The predicted molar refractivity (Wildman–Crippen MR) is 171 cm³/mol. The monoisotopic (exact) mass is 609 g/mol. The van der Waals surface area contributed by atoms with Gasteiger partial charge in [-0.15, -0.1) is 0 Å². The Morgan fingerprint density at radius 1 is 1.16 bits per heavy atom. The van der Waals surface area contributed by atoms with E-state index in [-0.39, 0.29) is 6.10 Å². The van der Waals surface area contributed by atoms with Crippen molar-refractivity contribution in [1.82, 2.24) is 4.98 Å². The number of benzene rings is 3. The first-order chi connectivity index (χ1) is 21.5. The van der Waals surface area contributed by atoms with Crippen molar-refractivity contribution in [2.75, 3.05) is 36.5 Å². The highest BCUT2D eigenvalue weighted by atomic mass is 35.5. The summed E-state index contributed by atoms with van der Waals surface area (Å²) in [5.74, 6) is 0.851. The molecule has 0 radical (unpaired) electrons. The second kappa shape index (κ2) is 13.2. The predicted octanol–water partition coefficient (Wildman–Crippen LogP) is 6.26. The number of rotatable bonds is 9. The molecule has 44 heavy (non-hydrogen) atoms. The van der Waals surface area contributed by atoms with Crippen molar-refractivity contribution in [2.45, 2.75) is 32.0 Å². The van der Waals surface area contributed by atoms with Crippen LogP contribution in [-0.2, 0) is 16.1 Å². The molecule has 1 unspecified atom stereocenters. The number of fused-ring (bicyclic) bond motifs is 1. The first kappa shape index (κ1) is 29.3. The molecule has 2 saturated heterocycles. The van der Waals surface area contributed by atoms with Crippen molar-refractivity contribution in [1.29, 1.82) is 5.26 Å². The second-order valence-electron chi connectivity index (χ2n) is 10.8. The van der Waals surface area contributed by atoms with E-state index in [9.17, 15) is 10.1 Å². The summed E-state index contributed by atoms with van der Waals surface area (Å²) in [5.41, 5.74) is 10.8. The number of carbonyl (C=O) groups excluding carboxylic acids is 1. The van der Waals surface area contributed by atoms with Gasteiger partial charge in [0.25, 0.3) is 0 Å². The average molecular weight is 610 g/mol. The van der Waals surface area contributed by atoms with Gasteiger partial charge in [-0.05, 0) is 42.7 Å². The number of nitrogens with zero attached hydrogens (tertiary/aromatic N) is 3. The number of nitrogens with one attached hydrogen (secondary N) is 1. The van der Waals surface area contributed by atoms with Crippen molar-refractivity contribution < 1.29 is 19.0 Å². The number of halogens is 1. The third-order valence-corrected chi connectivity index (χ3v) is 8.08. The number of amides is 1. The SMILES string of the molecule is N#Cc1cnc2cc(OC3CCOC3)c(N3CCC(=CC(N)=O)CC3)cc2c1Nc1ccc(OCc2ccccc2)c(Cl)c1. The van der Waals surface area contributed by atoms with E-state index >= 15 is 0 Å². The van der Waals surface area contributed by atoms with Crippen LogP contribution in [0.5, 0.6) is 11.5 Å². The maximum Gasteiger partial charge on any atom is 0.241 e. The number of anilines is 3. The van der Waals surface area contributed by atoms with Crippen LogP contribution < -0.4 is 25.4 Å². The third kappa shape index (κ3) is 6.72. The number of pyridine rings is 1. The summed E-state index contributed by atoms with van der Waals surface area (Å²) in [6, 6.07) is 21.6. The smallest absolute Gasteiger partial charge is 0.241 e. The van der Waals surface area contributed by atoms with Gasteiger partial charge in [0.15, 0.2) is 0 Å². The molecule has 0 spiro atoms. The van der Waals surface area contributed by atoms with Crippen LogP contribution in [-0.4, -0.2) is 43.3 Å².